The molecule has 32 heavy (non-hydrogen) atoms. The third kappa shape index (κ3) is 3.67. The molecule has 0 fully saturated rings. The predicted molar refractivity (Wildman–Crippen MR) is 132 cm³/mol. The van der Waals surface area contributed by atoms with Crippen molar-refractivity contribution in [3.05, 3.63) is 38.8 Å². The second-order valence-corrected chi connectivity index (χ2v) is 22.1. The number of carbonyl (C=O) groups excluding carboxylic acids is 2. The maximum absolute atomic E-state index is 13.4. The molecule has 1 atom stereocenters. The van der Waals surface area contributed by atoms with Gasteiger partial charge in [-0.3, -0.25) is 9.59 Å². The van der Waals surface area contributed by atoms with Crippen LogP contribution in [-0.2, 0) is 12.8 Å². The molecule has 2 aromatic rings. The summed E-state index contributed by atoms with van der Waals surface area (Å²) in [4.78, 5) is 27.0. The first-order valence-electron chi connectivity index (χ1n) is 10.7. The van der Waals surface area contributed by atoms with Gasteiger partial charge >= 0.3 is 0 Å². The van der Waals surface area contributed by atoms with Crippen LogP contribution in [0.5, 0.6) is 11.5 Å². The van der Waals surface area contributed by atoms with E-state index in [0.29, 0.717) is 21.6 Å². The van der Waals surface area contributed by atoms with E-state index in [0.717, 1.165) is 4.50 Å². The second-order valence-electron chi connectivity index (χ2n) is 10.9. The van der Waals surface area contributed by atoms with Gasteiger partial charge in [0.1, 0.15) is 25.2 Å². The van der Waals surface area contributed by atoms with Crippen molar-refractivity contribution < 1.29 is 24.9 Å². The Morgan fingerprint density at radius 3 is 2.16 bits per heavy atom. The minimum atomic E-state index is -1.76. The average Bonchev–Trinajstić information content (AvgIpc) is 3.13. The van der Waals surface area contributed by atoms with Crippen molar-refractivity contribution in [2.24, 2.45) is 0 Å². The van der Waals surface area contributed by atoms with Crippen LogP contribution in [0.4, 0.5) is 0 Å². The summed E-state index contributed by atoms with van der Waals surface area (Å²) in [7, 11) is -3.49. The molecule has 0 bridgehead atoms. The number of aliphatic hydroxyl groups is 1. The van der Waals surface area contributed by atoms with Crippen LogP contribution >= 0.6 is 11.3 Å². The third-order valence-electron chi connectivity index (χ3n) is 5.96. The second kappa shape index (κ2) is 7.16. The van der Waals surface area contributed by atoms with Gasteiger partial charge in [0.15, 0.2) is 5.78 Å². The summed E-state index contributed by atoms with van der Waals surface area (Å²) in [5, 5.41) is 33.2. The highest BCUT2D eigenvalue weighted by atomic mass is 32.1. The molecule has 0 aliphatic heterocycles. The van der Waals surface area contributed by atoms with Gasteiger partial charge in [0.05, 0.1) is 24.1 Å². The molecule has 0 amide bonds. The highest BCUT2D eigenvalue weighted by molar-refractivity contribution is 7.28. The van der Waals surface area contributed by atoms with E-state index >= 15 is 0 Å². The summed E-state index contributed by atoms with van der Waals surface area (Å²) < 4.78 is 1.02. The summed E-state index contributed by atoms with van der Waals surface area (Å²) in [6.45, 7) is 12.7. The smallest absolute Gasteiger partial charge is 0.208 e. The van der Waals surface area contributed by atoms with Gasteiger partial charge in [0.2, 0.25) is 5.78 Å². The lowest BCUT2D eigenvalue weighted by molar-refractivity contribution is 0.0844. The molecular weight excluding hydrogens is 456 g/mol. The van der Waals surface area contributed by atoms with Gasteiger partial charge in [-0.25, -0.2) is 0 Å². The zero-order chi connectivity index (χ0) is 23.8. The van der Waals surface area contributed by atoms with Crippen molar-refractivity contribution >= 4 is 43.6 Å². The van der Waals surface area contributed by atoms with E-state index in [1.54, 1.807) is 6.07 Å². The predicted octanol–water partition coefficient (Wildman–Crippen LogP) is 3.58. The van der Waals surface area contributed by atoms with E-state index in [2.05, 4.69) is 50.7 Å². The zero-order valence-corrected chi connectivity index (χ0v) is 22.1. The fraction of sp³-hybridized carbons (Fsp3) is 0.417. The van der Waals surface area contributed by atoms with Crippen LogP contribution in [0.1, 0.15) is 48.7 Å². The van der Waals surface area contributed by atoms with Crippen molar-refractivity contribution in [1.29, 1.82) is 0 Å². The summed E-state index contributed by atoms with van der Waals surface area (Å²) in [6.07, 6.45) is 0.553. The first-order valence-corrected chi connectivity index (χ1v) is 18.5. The van der Waals surface area contributed by atoms with Crippen molar-refractivity contribution in [3.63, 3.8) is 0 Å². The Balaban J connectivity index is 1.88. The zero-order valence-electron chi connectivity index (χ0n) is 19.3. The Morgan fingerprint density at radius 2 is 1.56 bits per heavy atom. The van der Waals surface area contributed by atoms with Gasteiger partial charge in [0.25, 0.3) is 0 Å². The summed E-state index contributed by atoms with van der Waals surface area (Å²) in [5.74, 6) is 1.56. The number of carbonyl (C=O) groups is 2. The number of fused-ring (bicyclic) bond motifs is 3. The van der Waals surface area contributed by atoms with Crippen molar-refractivity contribution in [2.75, 3.05) is 0 Å². The molecule has 0 radical (unpaired) electrons. The number of hydrogen-bond donors (Lipinski definition) is 3. The van der Waals surface area contributed by atoms with Gasteiger partial charge in [-0.1, -0.05) is 45.2 Å². The Morgan fingerprint density at radius 1 is 0.969 bits per heavy atom. The topological polar surface area (TPSA) is 94.8 Å². The Labute approximate surface area is 194 Å². The molecular formula is C24H28O5SSi2. The quantitative estimate of drug-likeness (QED) is 0.279. The SMILES string of the molecule is C[Si](C)(C)C#CC1(O)CCc2c(O)c3c(c(O)c2C1)C(=O)c1sc([Si](C)(C)C)cc1C3=O. The van der Waals surface area contributed by atoms with E-state index in [-0.39, 0.29) is 41.9 Å². The number of phenolic OH excluding ortho intramolecular Hbond substituents is 2. The monoisotopic (exact) mass is 484 g/mol. The van der Waals surface area contributed by atoms with Gasteiger partial charge in [-0.05, 0) is 23.4 Å². The number of hydrogen-bond acceptors (Lipinski definition) is 6. The molecule has 4 rings (SSSR count). The van der Waals surface area contributed by atoms with Crippen LogP contribution < -0.4 is 4.50 Å². The number of aromatic hydroxyl groups is 2. The Bertz CT molecular complexity index is 1250. The summed E-state index contributed by atoms with van der Waals surface area (Å²) in [5.41, 5.74) is 2.63. The molecule has 3 N–H and O–H groups in total. The Hall–Kier alpha value is -2.19. The lowest BCUT2D eigenvalue weighted by Crippen LogP contribution is -2.36. The number of phenols is 2. The van der Waals surface area contributed by atoms with Crippen LogP contribution in [0.25, 0.3) is 0 Å². The standard InChI is InChI=1S/C24H28O5SSi2/c1-31(2,3)10-9-24(29)8-7-13-15(12-24)21(27)18-17(19(13)25)20(26)14-11-16(32(4,5)6)30-23(14)22(18)28/h11,25,27,29H,7-8,12H2,1-6H3. The fourth-order valence-corrected chi connectivity index (χ4v) is 7.76. The molecule has 2 aliphatic rings. The molecule has 8 heteroatoms. The minimum absolute atomic E-state index is 0.00537. The first kappa shape index (κ1) is 23.0. The molecule has 5 nitrogen and oxygen atoms in total. The maximum atomic E-state index is 13.4. The molecule has 1 aromatic carbocycles. The Kier molecular flexibility index (Phi) is 5.14. The molecule has 1 unspecified atom stereocenters. The first-order chi connectivity index (χ1) is 14.6. The number of benzene rings is 1. The van der Waals surface area contributed by atoms with Gasteiger partial charge in [-0.2, -0.15) is 0 Å². The molecule has 0 saturated heterocycles. The molecule has 0 saturated carbocycles. The minimum Gasteiger partial charge on any atom is -0.507 e. The lowest BCUT2D eigenvalue weighted by atomic mass is 9.75. The normalized spacial score (nSPS) is 20.2. The van der Waals surface area contributed by atoms with Crippen LogP contribution in [0.2, 0.25) is 39.3 Å². The van der Waals surface area contributed by atoms with Crippen molar-refractivity contribution in [1.82, 2.24) is 0 Å². The molecule has 168 valence electrons. The summed E-state index contributed by atoms with van der Waals surface area (Å²) >= 11 is 1.31. The van der Waals surface area contributed by atoms with Crippen LogP contribution in [-0.4, -0.2) is 48.6 Å². The third-order valence-corrected chi connectivity index (χ3v) is 11.6. The lowest BCUT2D eigenvalue weighted by Gasteiger charge is -2.32. The molecule has 1 heterocycles. The maximum Gasteiger partial charge on any atom is 0.208 e. The van der Waals surface area contributed by atoms with E-state index < -0.39 is 33.3 Å². The van der Waals surface area contributed by atoms with E-state index in [1.807, 2.05) is 0 Å². The largest absolute Gasteiger partial charge is 0.507 e. The number of thiophene rings is 1. The molecule has 0 spiro atoms. The van der Waals surface area contributed by atoms with Gasteiger partial charge in [0, 0.05) is 23.1 Å². The summed E-state index contributed by atoms with van der Waals surface area (Å²) in [6, 6.07) is 1.79. The van der Waals surface area contributed by atoms with E-state index in [4.69, 9.17) is 0 Å². The fourth-order valence-electron chi connectivity index (χ4n) is 4.20. The van der Waals surface area contributed by atoms with Gasteiger partial charge < -0.3 is 15.3 Å². The number of rotatable bonds is 1. The van der Waals surface area contributed by atoms with Crippen molar-refractivity contribution in [2.45, 2.75) is 64.1 Å². The molecule has 1 aromatic heterocycles. The average molecular weight is 485 g/mol. The van der Waals surface area contributed by atoms with Crippen LogP contribution in [0.15, 0.2) is 6.07 Å². The number of ketones is 2. The van der Waals surface area contributed by atoms with Gasteiger partial charge in [-0.15, -0.1) is 16.9 Å². The van der Waals surface area contributed by atoms with Crippen LogP contribution in [0.3, 0.4) is 0 Å². The highest BCUT2D eigenvalue weighted by Crippen LogP contribution is 2.47. The molecule has 2 aliphatic carbocycles. The van der Waals surface area contributed by atoms with E-state index in [9.17, 15) is 24.9 Å². The van der Waals surface area contributed by atoms with E-state index in [1.165, 1.54) is 11.3 Å². The van der Waals surface area contributed by atoms with Crippen molar-refractivity contribution in [3.8, 4) is 23.0 Å². The van der Waals surface area contributed by atoms with Crippen LogP contribution in [0, 0.1) is 11.5 Å². The highest BCUT2D eigenvalue weighted by Gasteiger charge is 2.43.